The van der Waals surface area contributed by atoms with Gasteiger partial charge in [-0.25, -0.2) is 13.2 Å². The number of sulfone groups is 1. The van der Waals surface area contributed by atoms with Crippen molar-refractivity contribution in [2.75, 3.05) is 22.2 Å². The molecule has 0 heterocycles. The Morgan fingerprint density at radius 2 is 1.40 bits per heavy atom. The number of nitrogens with one attached hydrogen (secondary N) is 3. The van der Waals surface area contributed by atoms with E-state index in [1.165, 1.54) is 12.1 Å². The van der Waals surface area contributed by atoms with E-state index >= 15 is 0 Å². The fourth-order valence-corrected chi connectivity index (χ4v) is 3.70. The van der Waals surface area contributed by atoms with Gasteiger partial charge in [-0.2, -0.15) is 0 Å². The molecule has 0 radical (unpaired) electrons. The van der Waals surface area contributed by atoms with Gasteiger partial charge in [0.25, 0.3) is 5.91 Å². The third-order valence-electron chi connectivity index (χ3n) is 4.31. The number of urea groups is 1. The van der Waals surface area contributed by atoms with Crippen molar-refractivity contribution in [2.24, 2.45) is 0 Å². The highest BCUT2D eigenvalue weighted by Crippen LogP contribution is 2.23. The quantitative estimate of drug-likeness (QED) is 0.569. The van der Waals surface area contributed by atoms with Gasteiger partial charge in [-0.05, 0) is 48.9 Å². The number of rotatable bonds is 5. The maximum absolute atomic E-state index is 12.7. The minimum absolute atomic E-state index is 0.0447. The number of hydrogen-bond acceptors (Lipinski definition) is 4. The van der Waals surface area contributed by atoms with Gasteiger partial charge in [0.1, 0.15) is 0 Å². The molecule has 0 saturated carbocycles. The lowest BCUT2D eigenvalue weighted by atomic mass is 10.1. The Morgan fingerprint density at radius 3 is 2.10 bits per heavy atom. The minimum Gasteiger partial charge on any atom is -0.322 e. The highest BCUT2D eigenvalue weighted by molar-refractivity contribution is 7.90. The van der Waals surface area contributed by atoms with Crippen LogP contribution >= 0.6 is 0 Å². The Bertz CT molecular complexity index is 1190. The molecule has 3 N–H and O–H groups in total. The Hall–Kier alpha value is -3.65. The molecule has 0 fully saturated rings. The van der Waals surface area contributed by atoms with Crippen molar-refractivity contribution < 1.29 is 18.0 Å². The number of anilines is 3. The van der Waals surface area contributed by atoms with E-state index < -0.39 is 21.8 Å². The highest BCUT2D eigenvalue weighted by atomic mass is 32.2. The lowest BCUT2D eigenvalue weighted by Crippen LogP contribution is -2.20. The first kappa shape index (κ1) is 21.1. The normalized spacial score (nSPS) is 10.9. The number of hydrogen-bond donors (Lipinski definition) is 3. The van der Waals surface area contributed by atoms with E-state index in [4.69, 9.17) is 0 Å². The Balaban J connectivity index is 1.78. The van der Waals surface area contributed by atoms with E-state index in [-0.39, 0.29) is 10.5 Å². The molecule has 7 nitrogen and oxygen atoms in total. The van der Waals surface area contributed by atoms with Crippen LogP contribution in [0.4, 0.5) is 21.9 Å². The van der Waals surface area contributed by atoms with E-state index in [1.54, 1.807) is 49.4 Å². The fraction of sp³-hybridized carbons (Fsp3) is 0.0909. The van der Waals surface area contributed by atoms with Gasteiger partial charge >= 0.3 is 6.03 Å². The van der Waals surface area contributed by atoms with Gasteiger partial charge in [0.2, 0.25) is 0 Å². The Labute approximate surface area is 175 Å². The van der Waals surface area contributed by atoms with Gasteiger partial charge in [-0.1, -0.05) is 36.4 Å². The molecule has 0 aliphatic carbocycles. The van der Waals surface area contributed by atoms with Gasteiger partial charge in [-0.3, -0.25) is 4.79 Å². The molecule has 30 heavy (non-hydrogen) atoms. The summed E-state index contributed by atoms with van der Waals surface area (Å²) < 4.78 is 23.9. The van der Waals surface area contributed by atoms with E-state index in [2.05, 4.69) is 16.0 Å². The number of para-hydroxylation sites is 1. The molecule has 0 aliphatic heterocycles. The fourth-order valence-electron chi connectivity index (χ4n) is 2.82. The van der Waals surface area contributed by atoms with Gasteiger partial charge in [-0.15, -0.1) is 0 Å². The summed E-state index contributed by atoms with van der Waals surface area (Å²) in [6.45, 7) is 1.80. The highest BCUT2D eigenvalue weighted by Gasteiger charge is 2.19. The largest absolute Gasteiger partial charge is 0.323 e. The number of aryl methyl sites for hydroxylation is 1. The smallest absolute Gasteiger partial charge is 0.322 e. The minimum atomic E-state index is -3.56. The lowest BCUT2D eigenvalue weighted by Gasteiger charge is -2.13. The first-order valence-electron chi connectivity index (χ1n) is 9.08. The molecular formula is C22H21N3O4S. The van der Waals surface area contributed by atoms with Crippen LogP contribution in [0.2, 0.25) is 0 Å². The molecule has 3 aromatic carbocycles. The Kier molecular flexibility index (Phi) is 6.17. The number of carbonyl (C=O) groups excluding carboxylic acids is 2. The lowest BCUT2D eigenvalue weighted by molar-refractivity contribution is 0.102. The van der Waals surface area contributed by atoms with Crippen LogP contribution in [0.25, 0.3) is 0 Å². The summed E-state index contributed by atoms with van der Waals surface area (Å²) in [5, 5.41) is 8.15. The molecule has 3 aromatic rings. The molecule has 0 unspecified atom stereocenters. The van der Waals surface area contributed by atoms with Crippen molar-refractivity contribution in [3.05, 3.63) is 83.9 Å². The summed E-state index contributed by atoms with van der Waals surface area (Å²) in [6, 6.07) is 19.6. The average molecular weight is 423 g/mol. The van der Waals surface area contributed by atoms with Crippen LogP contribution in [0.15, 0.2) is 77.7 Å². The predicted octanol–water partition coefficient (Wildman–Crippen LogP) is 4.29. The van der Waals surface area contributed by atoms with Crippen LogP contribution < -0.4 is 16.0 Å². The molecule has 3 rings (SSSR count). The third kappa shape index (κ3) is 5.24. The van der Waals surface area contributed by atoms with Crippen LogP contribution in [0.1, 0.15) is 15.9 Å². The standard InChI is InChI=1S/C22H21N3O4S/c1-15-12-13-17(24-22(27)23-16-8-4-3-5-9-16)14-19(15)25-21(26)18-10-6-7-11-20(18)30(2,28)29/h3-14H,1-2H3,(H,25,26)(H2,23,24,27). The first-order valence-corrected chi connectivity index (χ1v) is 11.0. The topological polar surface area (TPSA) is 104 Å². The number of carbonyl (C=O) groups is 2. The average Bonchev–Trinajstić information content (AvgIpc) is 2.70. The van der Waals surface area contributed by atoms with Crippen LogP contribution in [-0.2, 0) is 9.84 Å². The number of benzene rings is 3. The second kappa shape index (κ2) is 8.79. The predicted molar refractivity (Wildman–Crippen MR) is 118 cm³/mol. The zero-order valence-electron chi connectivity index (χ0n) is 16.5. The molecule has 3 amide bonds. The SMILES string of the molecule is Cc1ccc(NC(=O)Nc2ccccc2)cc1NC(=O)c1ccccc1S(C)(=O)=O. The Morgan fingerprint density at radius 1 is 0.767 bits per heavy atom. The zero-order chi connectivity index (χ0) is 21.7. The van der Waals surface area contributed by atoms with Gasteiger partial charge in [0.05, 0.1) is 10.5 Å². The molecule has 0 saturated heterocycles. The first-order chi connectivity index (χ1) is 14.2. The molecule has 0 atom stereocenters. The summed E-state index contributed by atoms with van der Waals surface area (Å²) in [7, 11) is -3.56. The van der Waals surface area contributed by atoms with Crippen molar-refractivity contribution in [1.82, 2.24) is 0 Å². The van der Waals surface area contributed by atoms with Crippen molar-refractivity contribution in [2.45, 2.75) is 11.8 Å². The monoisotopic (exact) mass is 423 g/mol. The van der Waals surface area contributed by atoms with Gasteiger partial charge in [0, 0.05) is 23.3 Å². The van der Waals surface area contributed by atoms with E-state index in [1.807, 2.05) is 18.2 Å². The zero-order valence-corrected chi connectivity index (χ0v) is 17.3. The molecular weight excluding hydrogens is 402 g/mol. The second-order valence-electron chi connectivity index (χ2n) is 6.70. The van der Waals surface area contributed by atoms with Crippen molar-refractivity contribution >= 4 is 38.8 Å². The van der Waals surface area contributed by atoms with Crippen LogP contribution in [-0.4, -0.2) is 26.6 Å². The third-order valence-corrected chi connectivity index (χ3v) is 5.46. The van der Waals surface area contributed by atoms with Crippen molar-refractivity contribution in [3.8, 4) is 0 Å². The molecule has 0 spiro atoms. The van der Waals surface area contributed by atoms with Gasteiger partial charge in [0.15, 0.2) is 9.84 Å². The van der Waals surface area contributed by atoms with Crippen molar-refractivity contribution in [1.29, 1.82) is 0 Å². The molecule has 8 heteroatoms. The van der Waals surface area contributed by atoms with Crippen molar-refractivity contribution in [3.63, 3.8) is 0 Å². The molecule has 0 aromatic heterocycles. The maximum Gasteiger partial charge on any atom is 0.323 e. The van der Waals surface area contributed by atoms with Crippen LogP contribution in [0, 0.1) is 6.92 Å². The molecule has 154 valence electrons. The summed E-state index contributed by atoms with van der Waals surface area (Å²) in [5.74, 6) is -0.551. The van der Waals surface area contributed by atoms with E-state index in [0.717, 1.165) is 11.8 Å². The maximum atomic E-state index is 12.7. The molecule has 0 aliphatic rings. The second-order valence-corrected chi connectivity index (χ2v) is 8.68. The van der Waals surface area contributed by atoms with E-state index in [9.17, 15) is 18.0 Å². The van der Waals surface area contributed by atoms with Crippen LogP contribution in [0.5, 0.6) is 0 Å². The summed E-state index contributed by atoms with van der Waals surface area (Å²) in [6.07, 6.45) is 1.06. The van der Waals surface area contributed by atoms with Crippen LogP contribution in [0.3, 0.4) is 0 Å². The van der Waals surface area contributed by atoms with Gasteiger partial charge < -0.3 is 16.0 Å². The summed E-state index contributed by atoms with van der Waals surface area (Å²) >= 11 is 0. The van der Waals surface area contributed by atoms with E-state index in [0.29, 0.717) is 17.1 Å². The number of amides is 3. The summed E-state index contributed by atoms with van der Waals surface area (Å²) in [4.78, 5) is 24.9. The molecule has 0 bridgehead atoms. The summed E-state index contributed by atoms with van der Waals surface area (Å²) in [5.41, 5.74) is 2.39.